The maximum absolute atomic E-state index is 12.4. The fourth-order valence-electron chi connectivity index (χ4n) is 3.39. The van der Waals surface area contributed by atoms with Gasteiger partial charge in [0.15, 0.2) is 0 Å². The number of ketones is 1. The Hall–Kier alpha value is -1.16. The first kappa shape index (κ1) is 12.9. The predicted octanol–water partition coefficient (Wildman–Crippen LogP) is 2.11. The minimum atomic E-state index is 0.229. The van der Waals surface area contributed by atoms with Gasteiger partial charge in [-0.2, -0.15) is 5.10 Å². The molecule has 0 saturated carbocycles. The van der Waals surface area contributed by atoms with E-state index in [1.54, 1.807) is 0 Å². The first-order valence-corrected chi connectivity index (χ1v) is 7.50. The van der Waals surface area contributed by atoms with Gasteiger partial charge in [0.2, 0.25) is 0 Å². The van der Waals surface area contributed by atoms with Crippen LogP contribution in [0.2, 0.25) is 0 Å². The Labute approximate surface area is 114 Å². The lowest BCUT2D eigenvalue weighted by Crippen LogP contribution is -2.29. The van der Waals surface area contributed by atoms with Crippen LogP contribution in [0.5, 0.6) is 0 Å². The maximum atomic E-state index is 12.4. The van der Waals surface area contributed by atoms with Crippen LogP contribution >= 0.6 is 0 Å². The lowest BCUT2D eigenvalue weighted by Gasteiger charge is -2.18. The number of nitrogens with zero attached hydrogens (tertiary/aromatic N) is 2. The molecule has 4 unspecified atom stereocenters. The number of hydrogen-bond donors (Lipinski definition) is 1. The van der Waals surface area contributed by atoms with Gasteiger partial charge in [-0.1, -0.05) is 6.92 Å². The van der Waals surface area contributed by atoms with Crippen molar-refractivity contribution < 1.29 is 4.79 Å². The molecule has 3 rings (SSSR count). The molecular weight excluding hydrogens is 238 g/mol. The highest BCUT2D eigenvalue weighted by molar-refractivity contribution is 5.84. The summed E-state index contributed by atoms with van der Waals surface area (Å²) in [5.41, 5.74) is 0.924. The average Bonchev–Trinajstić information content (AvgIpc) is 3.13. The molecule has 0 aromatic carbocycles. The van der Waals surface area contributed by atoms with Crippen LogP contribution in [-0.4, -0.2) is 27.6 Å². The van der Waals surface area contributed by atoms with E-state index in [0.717, 1.165) is 18.5 Å². The highest BCUT2D eigenvalue weighted by atomic mass is 16.1. The van der Waals surface area contributed by atoms with Crippen molar-refractivity contribution in [1.29, 1.82) is 0 Å². The molecule has 2 bridgehead atoms. The molecule has 104 valence electrons. The van der Waals surface area contributed by atoms with E-state index >= 15 is 0 Å². The van der Waals surface area contributed by atoms with Crippen LogP contribution in [-0.2, 0) is 11.2 Å². The third-order valence-corrected chi connectivity index (χ3v) is 4.77. The van der Waals surface area contributed by atoms with Crippen LogP contribution in [0.1, 0.15) is 51.3 Å². The number of aromatic nitrogens is 2. The van der Waals surface area contributed by atoms with Crippen LogP contribution in [0, 0.1) is 5.92 Å². The quantitative estimate of drug-likeness (QED) is 0.883. The maximum Gasteiger partial charge on any atom is 0.143 e. The summed E-state index contributed by atoms with van der Waals surface area (Å²) in [6, 6.07) is 3.43. The molecule has 1 N–H and O–H groups in total. The standard InChI is InChI=1S/C15H23N3O/c1-3-10(2)18-7-6-12(17-18)9-15(19)13-8-11-4-5-14(13)16-11/h6-7,10-11,13-14,16H,3-5,8-9H2,1-2H3. The van der Waals surface area contributed by atoms with Crippen molar-refractivity contribution in [3.8, 4) is 0 Å². The molecule has 4 nitrogen and oxygen atoms in total. The molecule has 0 aliphatic carbocycles. The van der Waals surface area contributed by atoms with Crippen molar-refractivity contribution in [2.24, 2.45) is 5.92 Å². The molecule has 2 aliphatic heterocycles. The summed E-state index contributed by atoms with van der Waals surface area (Å²) in [6.07, 6.45) is 7.01. The molecule has 4 atom stereocenters. The van der Waals surface area contributed by atoms with Crippen molar-refractivity contribution >= 4 is 5.78 Å². The van der Waals surface area contributed by atoms with Gasteiger partial charge in [-0.3, -0.25) is 9.48 Å². The second-order valence-corrected chi connectivity index (χ2v) is 6.08. The summed E-state index contributed by atoms with van der Waals surface area (Å²) < 4.78 is 1.97. The molecule has 3 heterocycles. The van der Waals surface area contributed by atoms with Gasteiger partial charge in [-0.05, 0) is 38.7 Å². The van der Waals surface area contributed by atoms with E-state index < -0.39 is 0 Å². The normalized spacial score (nSPS) is 30.7. The molecule has 1 aromatic heterocycles. The number of Topliss-reactive ketones (excluding diaryl/α,β-unsaturated/α-hetero) is 1. The van der Waals surface area contributed by atoms with Gasteiger partial charge in [0.1, 0.15) is 5.78 Å². The van der Waals surface area contributed by atoms with E-state index in [4.69, 9.17) is 0 Å². The summed E-state index contributed by atoms with van der Waals surface area (Å²) in [4.78, 5) is 12.4. The predicted molar refractivity (Wildman–Crippen MR) is 74.0 cm³/mol. The molecule has 0 spiro atoms. The highest BCUT2D eigenvalue weighted by Crippen LogP contribution is 2.34. The van der Waals surface area contributed by atoms with Gasteiger partial charge in [-0.25, -0.2) is 0 Å². The zero-order valence-electron chi connectivity index (χ0n) is 11.8. The number of rotatable bonds is 5. The Morgan fingerprint density at radius 1 is 1.58 bits per heavy atom. The molecule has 0 radical (unpaired) electrons. The van der Waals surface area contributed by atoms with E-state index in [2.05, 4.69) is 24.3 Å². The monoisotopic (exact) mass is 261 g/mol. The first-order valence-electron chi connectivity index (χ1n) is 7.50. The van der Waals surface area contributed by atoms with Crippen LogP contribution < -0.4 is 5.32 Å². The fraction of sp³-hybridized carbons (Fsp3) is 0.733. The zero-order chi connectivity index (χ0) is 13.4. The lowest BCUT2D eigenvalue weighted by atomic mass is 9.85. The van der Waals surface area contributed by atoms with Gasteiger partial charge in [0, 0.05) is 30.2 Å². The van der Waals surface area contributed by atoms with E-state index in [-0.39, 0.29) is 5.92 Å². The number of carbonyl (C=O) groups is 1. The Balaban J connectivity index is 1.62. The second-order valence-electron chi connectivity index (χ2n) is 6.08. The van der Waals surface area contributed by atoms with Gasteiger partial charge in [0.25, 0.3) is 0 Å². The zero-order valence-corrected chi connectivity index (χ0v) is 11.8. The minimum absolute atomic E-state index is 0.229. The van der Waals surface area contributed by atoms with Crippen LogP contribution in [0.3, 0.4) is 0 Å². The van der Waals surface area contributed by atoms with Crippen molar-refractivity contribution in [2.75, 3.05) is 0 Å². The van der Waals surface area contributed by atoms with E-state index in [0.29, 0.717) is 30.3 Å². The van der Waals surface area contributed by atoms with Gasteiger partial charge in [0.05, 0.1) is 12.1 Å². The van der Waals surface area contributed by atoms with Crippen molar-refractivity contribution in [3.05, 3.63) is 18.0 Å². The van der Waals surface area contributed by atoms with Gasteiger partial charge < -0.3 is 5.32 Å². The highest BCUT2D eigenvalue weighted by Gasteiger charge is 2.42. The van der Waals surface area contributed by atoms with E-state index in [1.165, 1.54) is 12.8 Å². The van der Waals surface area contributed by atoms with Crippen LogP contribution in [0.4, 0.5) is 0 Å². The molecule has 0 amide bonds. The fourth-order valence-corrected chi connectivity index (χ4v) is 3.39. The second kappa shape index (κ2) is 5.08. The molecule has 1 aromatic rings. The summed E-state index contributed by atoms with van der Waals surface area (Å²) in [5, 5.41) is 8.06. The number of fused-ring (bicyclic) bond motifs is 2. The summed E-state index contributed by atoms with van der Waals surface area (Å²) in [5.74, 6) is 0.599. The average molecular weight is 261 g/mol. The van der Waals surface area contributed by atoms with Crippen molar-refractivity contribution in [2.45, 2.75) is 64.1 Å². The van der Waals surface area contributed by atoms with Crippen LogP contribution in [0.25, 0.3) is 0 Å². The molecule has 2 aliphatic rings. The molecular formula is C15H23N3O. The summed E-state index contributed by atoms with van der Waals surface area (Å²) >= 11 is 0. The third kappa shape index (κ3) is 2.46. The van der Waals surface area contributed by atoms with E-state index in [9.17, 15) is 4.79 Å². The third-order valence-electron chi connectivity index (χ3n) is 4.77. The molecule has 2 saturated heterocycles. The van der Waals surface area contributed by atoms with E-state index in [1.807, 2.05) is 16.9 Å². The Morgan fingerprint density at radius 2 is 2.42 bits per heavy atom. The lowest BCUT2D eigenvalue weighted by molar-refractivity contribution is -0.122. The molecule has 2 fully saturated rings. The van der Waals surface area contributed by atoms with Crippen molar-refractivity contribution in [3.63, 3.8) is 0 Å². The minimum Gasteiger partial charge on any atom is -0.310 e. The Bertz CT molecular complexity index is 468. The Morgan fingerprint density at radius 3 is 3.05 bits per heavy atom. The topological polar surface area (TPSA) is 46.9 Å². The Kier molecular flexibility index (Phi) is 3.44. The van der Waals surface area contributed by atoms with Crippen molar-refractivity contribution in [1.82, 2.24) is 15.1 Å². The summed E-state index contributed by atoms with van der Waals surface area (Å²) in [6.45, 7) is 4.30. The SMILES string of the molecule is CCC(C)n1ccc(CC(=O)C2CC3CCC2N3)n1. The first-order chi connectivity index (χ1) is 9.17. The number of nitrogens with one attached hydrogen (secondary N) is 1. The van der Waals surface area contributed by atoms with Gasteiger partial charge in [-0.15, -0.1) is 0 Å². The number of carbonyl (C=O) groups excluding carboxylic acids is 1. The molecule has 19 heavy (non-hydrogen) atoms. The smallest absolute Gasteiger partial charge is 0.143 e. The molecule has 4 heteroatoms. The largest absolute Gasteiger partial charge is 0.310 e. The van der Waals surface area contributed by atoms with Crippen LogP contribution in [0.15, 0.2) is 12.3 Å². The number of hydrogen-bond acceptors (Lipinski definition) is 3. The summed E-state index contributed by atoms with van der Waals surface area (Å²) in [7, 11) is 0. The van der Waals surface area contributed by atoms with Gasteiger partial charge >= 0.3 is 0 Å².